The first kappa shape index (κ1) is 10.9. The third-order valence-electron chi connectivity index (χ3n) is 4.79. The van der Waals surface area contributed by atoms with Crippen LogP contribution in [0.1, 0.15) is 24.8 Å². The summed E-state index contributed by atoms with van der Waals surface area (Å²) in [5.41, 5.74) is 1.02. The number of aliphatic imine (C=N–C) groups is 1. The molecule has 1 aliphatic heterocycles. The van der Waals surface area contributed by atoms with Crippen LogP contribution in [0.25, 0.3) is 0 Å². The molecule has 3 aliphatic rings. The topological polar surface area (TPSA) is 21.6 Å². The number of benzene rings is 1. The molecule has 0 radical (unpaired) electrons. The van der Waals surface area contributed by atoms with E-state index < -0.39 is 0 Å². The number of nitrogens with zero attached hydrogens (tertiary/aromatic N) is 1. The Hall–Kier alpha value is -1.02. The van der Waals surface area contributed by atoms with Crippen molar-refractivity contribution in [1.82, 2.24) is 0 Å². The van der Waals surface area contributed by atoms with Crippen molar-refractivity contribution < 1.29 is 4.74 Å². The highest BCUT2D eigenvalue weighted by molar-refractivity contribution is 6.30. The summed E-state index contributed by atoms with van der Waals surface area (Å²) in [6.07, 6.45) is 4.11. The smallest absolute Gasteiger partial charge is 0.216 e. The van der Waals surface area contributed by atoms with Crippen molar-refractivity contribution in [2.45, 2.75) is 25.3 Å². The first-order valence-corrected chi connectivity index (χ1v) is 7.15. The molecule has 1 aromatic rings. The fourth-order valence-electron chi connectivity index (χ4n) is 3.94. The SMILES string of the molecule is Clc1cccc(C2=N[C@@H]3C4CCC(C4)[C@@H]3CO2)c1. The van der Waals surface area contributed by atoms with Crippen molar-refractivity contribution in [2.24, 2.45) is 22.7 Å². The zero-order chi connectivity index (χ0) is 12.1. The van der Waals surface area contributed by atoms with Gasteiger partial charge in [0, 0.05) is 16.5 Å². The molecule has 1 heterocycles. The van der Waals surface area contributed by atoms with Crippen molar-refractivity contribution in [3.8, 4) is 0 Å². The molecular weight excluding hydrogens is 246 g/mol. The van der Waals surface area contributed by atoms with Gasteiger partial charge in [-0.15, -0.1) is 0 Å². The normalized spacial score (nSPS) is 37.1. The lowest BCUT2D eigenvalue weighted by Crippen LogP contribution is -2.36. The molecule has 2 unspecified atom stereocenters. The van der Waals surface area contributed by atoms with Gasteiger partial charge in [0.15, 0.2) is 0 Å². The molecule has 1 aromatic carbocycles. The third-order valence-corrected chi connectivity index (χ3v) is 5.03. The van der Waals surface area contributed by atoms with Gasteiger partial charge in [-0.1, -0.05) is 17.7 Å². The van der Waals surface area contributed by atoms with E-state index in [1.54, 1.807) is 0 Å². The second kappa shape index (κ2) is 3.99. The van der Waals surface area contributed by atoms with Crippen molar-refractivity contribution in [3.05, 3.63) is 34.9 Å². The lowest BCUT2D eigenvalue weighted by atomic mass is 9.84. The van der Waals surface area contributed by atoms with E-state index in [4.69, 9.17) is 21.3 Å². The zero-order valence-corrected chi connectivity index (χ0v) is 10.9. The van der Waals surface area contributed by atoms with Crippen LogP contribution in [0.5, 0.6) is 0 Å². The van der Waals surface area contributed by atoms with E-state index in [-0.39, 0.29) is 0 Å². The maximum atomic E-state index is 6.03. The van der Waals surface area contributed by atoms with Gasteiger partial charge < -0.3 is 4.74 Å². The van der Waals surface area contributed by atoms with Gasteiger partial charge in [0.2, 0.25) is 5.90 Å². The molecule has 2 nitrogen and oxygen atoms in total. The number of hydrogen-bond donors (Lipinski definition) is 0. The number of fused-ring (bicyclic) bond motifs is 5. The van der Waals surface area contributed by atoms with E-state index in [1.165, 1.54) is 19.3 Å². The van der Waals surface area contributed by atoms with Gasteiger partial charge >= 0.3 is 0 Å². The zero-order valence-electron chi connectivity index (χ0n) is 10.2. The van der Waals surface area contributed by atoms with Gasteiger partial charge in [0.25, 0.3) is 0 Å². The largest absolute Gasteiger partial charge is 0.477 e. The standard InChI is InChI=1S/C15H16ClNO/c16-12-3-1-2-11(7-12)15-17-14-10-5-4-9(6-10)13(14)8-18-15/h1-3,7,9-10,13-14H,4-6,8H2/t9?,10?,13-,14+/m0/s1. The van der Waals surface area contributed by atoms with Crippen LogP contribution in [-0.4, -0.2) is 18.5 Å². The predicted molar refractivity (Wildman–Crippen MR) is 72.1 cm³/mol. The average molecular weight is 262 g/mol. The van der Waals surface area contributed by atoms with Gasteiger partial charge in [0.05, 0.1) is 12.6 Å². The summed E-state index contributed by atoms with van der Waals surface area (Å²) < 4.78 is 5.88. The molecule has 0 amide bonds. The Balaban J connectivity index is 1.67. The Kier molecular flexibility index (Phi) is 2.41. The van der Waals surface area contributed by atoms with Crippen LogP contribution in [-0.2, 0) is 4.74 Å². The molecule has 2 bridgehead atoms. The number of hydrogen-bond acceptors (Lipinski definition) is 2. The average Bonchev–Trinajstić information content (AvgIpc) is 3.00. The van der Waals surface area contributed by atoms with Crippen molar-refractivity contribution >= 4 is 17.5 Å². The number of ether oxygens (including phenoxy) is 1. The summed E-state index contributed by atoms with van der Waals surface area (Å²) >= 11 is 6.03. The minimum Gasteiger partial charge on any atom is -0.477 e. The Morgan fingerprint density at radius 2 is 2.11 bits per heavy atom. The van der Waals surface area contributed by atoms with E-state index in [0.29, 0.717) is 12.0 Å². The summed E-state index contributed by atoms with van der Waals surface area (Å²) in [5, 5.41) is 0.744. The molecule has 2 saturated carbocycles. The van der Waals surface area contributed by atoms with Crippen LogP contribution >= 0.6 is 11.6 Å². The fraction of sp³-hybridized carbons (Fsp3) is 0.533. The summed E-state index contributed by atoms with van der Waals surface area (Å²) in [6, 6.07) is 8.31. The van der Waals surface area contributed by atoms with Crippen LogP contribution in [0, 0.1) is 17.8 Å². The van der Waals surface area contributed by atoms with Crippen LogP contribution in [0.15, 0.2) is 29.3 Å². The highest BCUT2D eigenvalue weighted by atomic mass is 35.5. The van der Waals surface area contributed by atoms with E-state index in [1.807, 2.05) is 24.3 Å². The molecule has 3 heteroatoms. The third kappa shape index (κ3) is 1.58. The molecule has 0 saturated heterocycles. The maximum absolute atomic E-state index is 6.03. The molecule has 0 aromatic heterocycles. The van der Waals surface area contributed by atoms with Crippen molar-refractivity contribution in [1.29, 1.82) is 0 Å². The first-order chi connectivity index (χ1) is 8.81. The van der Waals surface area contributed by atoms with Gasteiger partial charge in [-0.3, -0.25) is 0 Å². The monoisotopic (exact) mass is 261 g/mol. The second-order valence-corrected chi connectivity index (χ2v) is 6.18. The van der Waals surface area contributed by atoms with Crippen LogP contribution in [0.2, 0.25) is 5.02 Å². The Bertz CT molecular complexity index is 513. The van der Waals surface area contributed by atoms with Gasteiger partial charge in [-0.25, -0.2) is 4.99 Å². The molecule has 4 rings (SSSR count). The summed E-state index contributed by atoms with van der Waals surface area (Å²) in [7, 11) is 0. The summed E-state index contributed by atoms with van der Waals surface area (Å²) in [4.78, 5) is 4.87. The molecule has 0 spiro atoms. The van der Waals surface area contributed by atoms with Gasteiger partial charge in [-0.2, -0.15) is 0 Å². The summed E-state index contributed by atoms with van der Waals surface area (Å²) in [6.45, 7) is 0.844. The maximum Gasteiger partial charge on any atom is 0.216 e. The lowest BCUT2D eigenvalue weighted by Gasteiger charge is -2.32. The van der Waals surface area contributed by atoms with Crippen molar-refractivity contribution in [3.63, 3.8) is 0 Å². The molecule has 2 fully saturated rings. The molecule has 4 atom stereocenters. The van der Waals surface area contributed by atoms with Crippen LogP contribution < -0.4 is 0 Å². The molecule has 94 valence electrons. The molecule has 2 aliphatic carbocycles. The van der Waals surface area contributed by atoms with Crippen LogP contribution in [0.4, 0.5) is 0 Å². The fourth-order valence-corrected chi connectivity index (χ4v) is 4.13. The predicted octanol–water partition coefficient (Wildman–Crippen LogP) is 3.53. The Labute approximate surface area is 112 Å². The number of halogens is 1. The Morgan fingerprint density at radius 1 is 1.22 bits per heavy atom. The molecular formula is C15H16ClNO. The van der Waals surface area contributed by atoms with E-state index in [2.05, 4.69) is 0 Å². The highest BCUT2D eigenvalue weighted by Gasteiger charge is 2.49. The molecule has 0 N–H and O–H groups in total. The lowest BCUT2D eigenvalue weighted by molar-refractivity contribution is 0.145. The van der Waals surface area contributed by atoms with Crippen molar-refractivity contribution in [2.75, 3.05) is 6.61 Å². The minimum atomic E-state index is 0.506. The first-order valence-electron chi connectivity index (χ1n) is 6.78. The summed E-state index contributed by atoms with van der Waals surface area (Å²) in [5.74, 6) is 3.14. The van der Waals surface area contributed by atoms with Gasteiger partial charge in [-0.05, 0) is 49.3 Å². The van der Waals surface area contributed by atoms with E-state index >= 15 is 0 Å². The minimum absolute atomic E-state index is 0.506. The quantitative estimate of drug-likeness (QED) is 0.758. The second-order valence-electron chi connectivity index (χ2n) is 5.74. The van der Waals surface area contributed by atoms with E-state index in [0.717, 1.165) is 34.9 Å². The Morgan fingerprint density at radius 3 is 3.00 bits per heavy atom. The van der Waals surface area contributed by atoms with Crippen LogP contribution in [0.3, 0.4) is 0 Å². The van der Waals surface area contributed by atoms with Gasteiger partial charge in [0.1, 0.15) is 0 Å². The van der Waals surface area contributed by atoms with E-state index in [9.17, 15) is 0 Å². The number of rotatable bonds is 1. The highest BCUT2D eigenvalue weighted by Crippen LogP contribution is 2.51. The molecule has 18 heavy (non-hydrogen) atoms.